The van der Waals surface area contributed by atoms with Gasteiger partial charge in [-0.2, -0.15) is 0 Å². The predicted octanol–water partition coefficient (Wildman–Crippen LogP) is 1.57. The van der Waals surface area contributed by atoms with Crippen molar-refractivity contribution in [3.05, 3.63) is 23.3 Å². The molecule has 0 saturated carbocycles. The van der Waals surface area contributed by atoms with Crippen molar-refractivity contribution in [2.24, 2.45) is 0 Å². The summed E-state index contributed by atoms with van der Waals surface area (Å²) in [5.41, 5.74) is 2.26. The maximum Gasteiger partial charge on any atom is 0.236 e. The molecule has 7 nitrogen and oxygen atoms in total. The van der Waals surface area contributed by atoms with Gasteiger partial charge in [0.05, 0.1) is 6.54 Å². The standard InChI is InChI=1S/C21H31N5O2/c1-16(27)26-10-5-6-17(14-26)21-22-12-18-13-24(11-7-19(18)23-21)15-20(28)25-8-3-2-4-9-25/h12,17H,2-11,13-15H2,1H3/t17-/m0/s1. The number of piperidine rings is 2. The third kappa shape index (κ3) is 4.35. The number of nitrogens with zero attached hydrogens (tertiary/aromatic N) is 5. The monoisotopic (exact) mass is 385 g/mol. The molecule has 4 heterocycles. The van der Waals surface area contributed by atoms with Gasteiger partial charge in [0.1, 0.15) is 5.82 Å². The van der Waals surface area contributed by atoms with E-state index in [0.29, 0.717) is 6.54 Å². The Balaban J connectivity index is 1.37. The molecule has 0 N–H and O–H groups in total. The van der Waals surface area contributed by atoms with Gasteiger partial charge < -0.3 is 9.80 Å². The van der Waals surface area contributed by atoms with Crippen molar-refractivity contribution in [1.82, 2.24) is 24.7 Å². The van der Waals surface area contributed by atoms with Gasteiger partial charge in [0.15, 0.2) is 0 Å². The van der Waals surface area contributed by atoms with Gasteiger partial charge in [0, 0.05) is 76.0 Å². The molecule has 2 saturated heterocycles. The Labute approximate surface area is 167 Å². The van der Waals surface area contributed by atoms with Crippen LogP contribution in [0.1, 0.15) is 62.0 Å². The molecular weight excluding hydrogens is 354 g/mol. The first-order valence-corrected chi connectivity index (χ1v) is 10.7. The number of hydrogen-bond donors (Lipinski definition) is 0. The highest BCUT2D eigenvalue weighted by molar-refractivity contribution is 5.78. The number of hydrogen-bond acceptors (Lipinski definition) is 5. The Hall–Kier alpha value is -2.02. The molecule has 0 unspecified atom stereocenters. The zero-order valence-corrected chi connectivity index (χ0v) is 16.9. The average Bonchev–Trinajstić information content (AvgIpc) is 2.74. The van der Waals surface area contributed by atoms with Crippen LogP contribution in [0.4, 0.5) is 0 Å². The van der Waals surface area contributed by atoms with Crippen molar-refractivity contribution in [2.75, 3.05) is 39.3 Å². The van der Waals surface area contributed by atoms with Crippen LogP contribution in [-0.2, 0) is 22.6 Å². The Morgan fingerprint density at radius 3 is 2.64 bits per heavy atom. The van der Waals surface area contributed by atoms with Gasteiger partial charge >= 0.3 is 0 Å². The smallest absolute Gasteiger partial charge is 0.236 e. The lowest BCUT2D eigenvalue weighted by atomic mass is 9.96. The van der Waals surface area contributed by atoms with Crippen molar-refractivity contribution < 1.29 is 9.59 Å². The summed E-state index contributed by atoms with van der Waals surface area (Å²) < 4.78 is 0. The number of likely N-dealkylation sites (tertiary alicyclic amines) is 2. The number of rotatable bonds is 3. The molecular formula is C21H31N5O2. The Morgan fingerprint density at radius 2 is 1.86 bits per heavy atom. The van der Waals surface area contributed by atoms with Crippen molar-refractivity contribution in [1.29, 1.82) is 0 Å². The SMILES string of the molecule is CC(=O)N1CCC[C@H](c2ncc3c(n2)CCN(CC(=O)N2CCCCC2)C3)C1. The quantitative estimate of drug-likeness (QED) is 0.790. The molecule has 4 rings (SSSR count). The third-order valence-electron chi connectivity index (χ3n) is 6.33. The van der Waals surface area contributed by atoms with Gasteiger partial charge in [0.25, 0.3) is 0 Å². The number of carbonyl (C=O) groups is 2. The molecule has 3 aliphatic heterocycles. The van der Waals surface area contributed by atoms with E-state index >= 15 is 0 Å². The van der Waals surface area contributed by atoms with E-state index in [4.69, 9.17) is 4.98 Å². The second-order valence-electron chi connectivity index (χ2n) is 8.41. The van der Waals surface area contributed by atoms with Crippen LogP contribution in [0.5, 0.6) is 0 Å². The summed E-state index contributed by atoms with van der Waals surface area (Å²) >= 11 is 0. The fourth-order valence-corrected chi connectivity index (χ4v) is 4.63. The van der Waals surface area contributed by atoms with E-state index in [0.717, 1.165) is 88.5 Å². The first kappa shape index (κ1) is 19.3. The first-order chi connectivity index (χ1) is 13.6. The molecule has 1 aromatic rings. The second kappa shape index (κ2) is 8.55. The number of amides is 2. The lowest BCUT2D eigenvalue weighted by Crippen LogP contribution is -2.44. The van der Waals surface area contributed by atoms with Crippen LogP contribution in [0, 0.1) is 0 Å². The zero-order chi connectivity index (χ0) is 19.5. The molecule has 3 aliphatic rings. The summed E-state index contributed by atoms with van der Waals surface area (Å²) in [6.07, 6.45) is 8.37. The number of fused-ring (bicyclic) bond motifs is 1. The first-order valence-electron chi connectivity index (χ1n) is 10.7. The lowest BCUT2D eigenvalue weighted by Gasteiger charge is -2.33. The fraction of sp³-hybridized carbons (Fsp3) is 0.714. The van der Waals surface area contributed by atoms with Gasteiger partial charge in [-0.05, 0) is 32.1 Å². The van der Waals surface area contributed by atoms with E-state index in [9.17, 15) is 9.59 Å². The minimum atomic E-state index is 0.136. The van der Waals surface area contributed by atoms with Crippen LogP contribution in [0.2, 0.25) is 0 Å². The minimum absolute atomic E-state index is 0.136. The van der Waals surface area contributed by atoms with Crippen LogP contribution < -0.4 is 0 Å². The molecule has 1 aromatic heterocycles. The van der Waals surface area contributed by atoms with E-state index in [1.165, 1.54) is 6.42 Å². The Morgan fingerprint density at radius 1 is 1.07 bits per heavy atom. The van der Waals surface area contributed by atoms with Crippen LogP contribution >= 0.6 is 0 Å². The molecule has 0 radical (unpaired) electrons. The van der Waals surface area contributed by atoms with Gasteiger partial charge in [-0.15, -0.1) is 0 Å². The van der Waals surface area contributed by atoms with Gasteiger partial charge in [-0.1, -0.05) is 0 Å². The van der Waals surface area contributed by atoms with Gasteiger partial charge in [-0.25, -0.2) is 9.97 Å². The Kier molecular flexibility index (Phi) is 5.90. The molecule has 2 fully saturated rings. The molecule has 7 heteroatoms. The molecule has 152 valence electrons. The predicted molar refractivity (Wildman–Crippen MR) is 106 cm³/mol. The van der Waals surface area contributed by atoms with E-state index in [1.807, 2.05) is 16.0 Å². The number of carbonyl (C=O) groups excluding carboxylic acids is 2. The van der Waals surface area contributed by atoms with Crippen LogP contribution in [0.25, 0.3) is 0 Å². The summed E-state index contributed by atoms with van der Waals surface area (Å²) in [7, 11) is 0. The average molecular weight is 386 g/mol. The molecule has 0 spiro atoms. The van der Waals surface area contributed by atoms with Crippen LogP contribution in [0.15, 0.2) is 6.20 Å². The molecule has 0 aliphatic carbocycles. The summed E-state index contributed by atoms with van der Waals surface area (Å²) in [4.78, 5) is 39.9. The molecule has 1 atom stereocenters. The van der Waals surface area contributed by atoms with Crippen molar-refractivity contribution >= 4 is 11.8 Å². The van der Waals surface area contributed by atoms with Crippen molar-refractivity contribution in [3.63, 3.8) is 0 Å². The normalized spacial score (nSPS) is 23.4. The van der Waals surface area contributed by atoms with E-state index in [-0.39, 0.29) is 17.7 Å². The summed E-state index contributed by atoms with van der Waals surface area (Å²) in [6.45, 7) is 7.14. The highest BCUT2D eigenvalue weighted by atomic mass is 16.2. The van der Waals surface area contributed by atoms with Crippen molar-refractivity contribution in [2.45, 2.75) is 57.9 Å². The molecule has 28 heavy (non-hydrogen) atoms. The molecule has 2 amide bonds. The van der Waals surface area contributed by atoms with Gasteiger partial charge in [0.2, 0.25) is 11.8 Å². The molecule has 0 bridgehead atoms. The highest BCUT2D eigenvalue weighted by Gasteiger charge is 2.27. The summed E-state index contributed by atoms with van der Waals surface area (Å²) in [5, 5.41) is 0. The third-order valence-corrected chi connectivity index (χ3v) is 6.33. The maximum atomic E-state index is 12.5. The van der Waals surface area contributed by atoms with Crippen LogP contribution in [-0.4, -0.2) is 75.8 Å². The van der Waals surface area contributed by atoms with E-state index in [2.05, 4.69) is 9.88 Å². The van der Waals surface area contributed by atoms with Crippen molar-refractivity contribution in [3.8, 4) is 0 Å². The zero-order valence-electron chi connectivity index (χ0n) is 16.9. The topological polar surface area (TPSA) is 69.6 Å². The fourth-order valence-electron chi connectivity index (χ4n) is 4.63. The van der Waals surface area contributed by atoms with Gasteiger partial charge in [-0.3, -0.25) is 14.5 Å². The number of aromatic nitrogens is 2. The maximum absolute atomic E-state index is 12.5. The Bertz CT molecular complexity index is 732. The highest BCUT2D eigenvalue weighted by Crippen LogP contribution is 2.26. The minimum Gasteiger partial charge on any atom is -0.342 e. The molecule has 0 aromatic carbocycles. The van der Waals surface area contributed by atoms with E-state index in [1.54, 1.807) is 6.92 Å². The second-order valence-corrected chi connectivity index (χ2v) is 8.41. The van der Waals surface area contributed by atoms with E-state index < -0.39 is 0 Å². The summed E-state index contributed by atoms with van der Waals surface area (Å²) in [5.74, 6) is 1.51. The largest absolute Gasteiger partial charge is 0.342 e. The summed E-state index contributed by atoms with van der Waals surface area (Å²) in [6, 6.07) is 0. The lowest BCUT2D eigenvalue weighted by molar-refractivity contribution is -0.133. The van der Waals surface area contributed by atoms with Crippen LogP contribution in [0.3, 0.4) is 0 Å².